The van der Waals surface area contributed by atoms with E-state index in [1.165, 1.54) is 0 Å². The third kappa shape index (κ3) is 5.79. The van der Waals surface area contributed by atoms with Crippen LogP contribution in [0.25, 0.3) is 0 Å². The number of hydrogen-bond donors (Lipinski definition) is 2. The van der Waals surface area contributed by atoms with Crippen LogP contribution >= 0.6 is 0 Å². The van der Waals surface area contributed by atoms with Crippen molar-refractivity contribution in [1.82, 2.24) is 10.6 Å². The second kappa shape index (κ2) is 8.19. The zero-order valence-corrected chi connectivity index (χ0v) is 12.8. The molecule has 0 aliphatic heterocycles. The summed E-state index contributed by atoms with van der Waals surface area (Å²) in [5.41, 5.74) is 0.430. The molecule has 0 atom stereocenters. The van der Waals surface area contributed by atoms with Crippen molar-refractivity contribution < 1.29 is 18.0 Å². The maximum atomic E-state index is 13.0. The summed E-state index contributed by atoms with van der Waals surface area (Å²) >= 11 is 0. The van der Waals surface area contributed by atoms with Crippen molar-refractivity contribution in [3.8, 4) is 0 Å². The lowest BCUT2D eigenvalue weighted by Crippen LogP contribution is -2.29. The van der Waals surface area contributed by atoms with Crippen molar-refractivity contribution in [1.29, 1.82) is 0 Å². The highest BCUT2D eigenvalue weighted by molar-refractivity contribution is 5.88. The van der Waals surface area contributed by atoms with Crippen molar-refractivity contribution in [3.05, 3.63) is 83.6 Å². The molecule has 0 aromatic heterocycles. The third-order valence-electron chi connectivity index (χ3n) is 3.22. The first-order valence-corrected chi connectivity index (χ1v) is 7.33. The Labute approximate surface area is 138 Å². The Kier molecular flexibility index (Phi) is 6.01. The molecule has 0 fully saturated rings. The summed E-state index contributed by atoms with van der Waals surface area (Å²) in [4.78, 5) is 11.8. The molecule has 0 heterocycles. The van der Waals surface area contributed by atoms with Gasteiger partial charge in [-0.3, -0.25) is 4.79 Å². The maximum absolute atomic E-state index is 13.0. The highest BCUT2D eigenvalue weighted by Gasteiger charge is 2.34. The highest BCUT2D eigenvalue weighted by atomic mass is 19.4. The van der Waals surface area contributed by atoms with Gasteiger partial charge in [0.15, 0.2) is 0 Å². The van der Waals surface area contributed by atoms with Gasteiger partial charge in [0, 0.05) is 19.2 Å². The number of carbonyl (C=O) groups is 1. The van der Waals surface area contributed by atoms with E-state index in [0.29, 0.717) is 11.6 Å². The van der Waals surface area contributed by atoms with Gasteiger partial charge in [0.05, 0.1) is 0 Å². The Morgan fingerprint density at radius 2 is 1.29 bits per heavy atom. The minimum absolute atomic E-state index is 0.0157. The fourth-order valence-electron chi connectivity index (χ4n) is 1.99. The number of rotatable bonds is 6. The molecule has 0 bridgehead atoms. The van der Waals surface area contributed by atoms with Crippen molar-refractivity contribution in [2.45, 2.75) is 19.3 Å². The van der Waals surface area contributed by atoms with Crippen LogP contribution in [0.15, 0.2) is 72.4 Å². The summed E-state index contributed by atoms with van der Waals surface area (Å²) in [5.74, 6) is -0.799. The molecule has 0 aliphatic carbocycles. The monoisotopic (exact) mass is 334 g/mol. The average molecular weight is 334 g/mol. The lowest BCUT2D eigenvalue weighted by molar-refractivity contribution is -0.118. The summed E-state index contributed by atoms with van der Waals surface area (Å²) in [7, 11) is 0. The van der Waals surface area contributed by atoms with E-state index < -0.39 is 17.8 Å². The number of hydrogen-bond acceptors (Lipinski definition) is 2. The molecule has 0 saturated heterocycles. The molecule has 2 N–H and O–H groups in total. The van der Waals surface area contributed by atoms with E-state index in [1.54, 1.807) is 54.6 Å². The van der Waals surface area contributed by atoms with Crippen molar-refractivity contribution in [3.63, 3.8) is 0 Å². The van der Waals surface area contributed by atoms with Crippen LogP contribution < -0.4 is 10.6 Å². The summed E-state index contributed by atoms with van der Waals surface area (Å²) in [6.45, 7) is 0.151. The van der Waals surface area contributed by atoms with Crippen molar-refractivity contribution in [2.24, 2.45) is 0 Å². The number of allylic oxidation sites excluding steroid dienone is 1. The van der Waals surface area contributed by atoms with Crippen LogP contribution in [0.4, 0.5) is 13.2 Å². The largest absolute Gasteiger partial charge is 0.431 e. The van der Waals surface area contributed by atoms with Crippen LogP contribution in [0.2, 0.25) is 0 Å². The lowest BCUT2D eigenvalue weighted by atomic mass is 10.2. The van der Waals surface area contributed by atoms with Crippen LogP contribution in [0.3, 0.4) is 0 Å². The van der Waals surface area contributed by atoms with Crippen LogP contribution in [-0.2, 0) is 17.9 Å². The zero-order chi connectivity index (χ0) is 17.4. The van der Waals surface area contributed by atoms with Crippen LogP contribution in [0.1, 0.15) is 11.1 Å². The number of amides is 1. The van der Waals surface area contributed by atoms with E-state index in [2.05, 4.69) is 10.6 Å². The normalized spacial score (nSPS) is 11.9. The van der Waals surface area contributed by atoms with E-state index in [-0.39, 0.29) is 13.1 Å². The number of nitrogens with one attached hydrogen (secondary N) is 2. The van der Waals surface area contributed by atoms with Crippen LogP contribution in [-0.4, -0.2) is 12.1 Å². The van der Waals surface area contributed by atoms with Gasteiger partial charge in [-0.1, -0.05) is 60.7 Å². The first-order chi connectivity index (χ1) is 11.4. The number of carbonyl (C=O) groups excluding carboxylic acids is 1. The Morgan fingerprint density at radius 1 is 0.833 bits per heavy atom. The van der Waals surface area contributed by atoms with Gasteiger partial charge >= 0.3 is 6.18 Å². The van der Waals surface area contributed by atoms with E-state index in [0.717, 1.165) is 5.56 Å². The van der Waals surface area contributed by atoms with E-state index >= 15 is 0 Å². The van der Waals surface area contributed by atoms with Crippen molar-refractivity contribution in [2.75, 3.05) is 0 Å². The smallest absolute Gasteiger partial charge is 0.377 e. The minimum atomic E-state index is -4.63. The predicted octanol–water partition coefficient (Wildman–Crippen LogP) is 3.54. The Hall–Kier alpha value is -2.76. The number of benzene rings is 2. The topological polar surface area (TPSA) is 41.1 Å². The molecule has 1 amide bonds. The average Bonchev–Trinajstić information content (AvgIpc) is 2.57. The second-order valence-corrected chi connectivity index (χ2v) is 5.10. The second-order valence-electron chi connectivity index (χ2n) is 5.10. The number of halogens is 3. The number of alkyl halides is 3. The summed E-state index contributed by atoms with van der Waals surface area (Å²) in [5, 5.41) is 4.72. The Balaban J connectivity index is 1.98. The molecule has 2 aromatic carbocycles. The van der Waals surface area contributed by atoms with E-state index in [4.69, 9.17) is 0 Å². The van der Waals surface area contributed by atoms with Gasteiger partial charge in [0.1, 0.15) is 5.70 Å². The molecule has 3 nitrogen and oxygen atoms in total. The van der Waals surface area contributed by atoms with Gasteiger partial charge in [-0.25, -0.2) is 0 Å². The fourth-order valence-corrected chi connectivity index (χ4v) is 1.99. The molecule has 2 aromatic rings. The Morgan fingerprint density at radius 3 is 1.75 bits per heavy atom. The summed E-state index contributed by atoms with van der Waals surface area (Å²) in [6, 6.07) is 17.6. The van der Waals surface area contributed by atoms with Gasteiger partial charge in [-0.05, 0) is 11.1 Å². The molecule has 0 aliphatic rings. The molecule has 24 heavy (non-hydrogen) atoms. The molecule has 0 unspecified atom stereocenters. The summed E-state index contributed by atoms with van der Waals surface area (Å²) in [6.07, 6.45) is -4.08. The maximum Gasteiger partial charge on any atom is 0.431 e. The van der Waals surface area contributed by atoms with Gasteiger partial charge in [0.25, 0.3) is 0 Å². The molecule has 0 saturated carbocycles. The van der Waals surface area contributed by atoms with Crippen LogP contribution in [0.5, 0.6) is 0 Å². The predicted molar refractivity (Wildman–Crippen MR) is 85.7 cm³/mol. The molecule has 0 spiro atoms. The molecule has 0 radical (unpaired) electrons. The molecule has 2 rings (SSSR count). The van der Waals surface area contributed by atoms with Gasteiger partial charge in [0.2, 0.25) is 5.91 Å². The van der Waals surface area contributed by atoms with Gasteiger partial charge in [-0.15, -0.1) is 0 Å². The molecule has 126 valence electrons. The molecule has 6 heteroatoms. The standard InChI is InChI=1S/C18H17F3N2O/c19-18(20,21)16(22-12-14-7-3-1-4-8-14)11-17(24)23-13-15-9-5-2-6-10-15/h1-11,22H,12-13H2,(H,23,24). The first-order valence-electron chi connectivity index (χ1n) is 7.33. The SMILES string of the molecule is O=C(C=C(NCc1ccccc1)C(F)(F)F)NCc1ccccc1. The summed E-state index contributed by atoms with van der Waals surface area (Å²) < 4.78 is 39.1. The third-order valence-corrected chi connectivity index (χ3v) is 3.22. The van der Waals surface area contributed by atoms with Crippen molar-refractivity contribution >= 4 is 5.91 Å². The quantitative estimate of drug-likeness (QED) is 0.794. The van der Waals surface area contributed by atoms with Gasteiger partial charge in [-0.2, -0.15) is 13.2 Å². The first kappa shape index (κ1) is 17.6. The van der Waals surface area contributed by atoms with E-state index in [9.17, 15) is 18.0 Å². The lowest BCUT2D eigenvalue weighted by Gasteiger charge is -2.14. The Bertz CT molecular complexity index is 682. The van der Waals surface area contributed by atoms with Gasteiger partial charge < -0.3 is 10.6 Å². The molecular formula is C18H17F3N2O. The zero-order valence-electron chi connectivity index (χ0n) is 12.8. The highest BCUT2D eigenvalue weighted by Crippen LogP contribution is 2.23. The molecular weight excluding hydrogens is 317 g/mol. The van der Waals surface area contributed by atoms with E-state index in [1.807, 2.05) is 6.07 Å². The fraction of sp³-hybridized carbons (Fsp3) is 0.167. The van der Waals surface area contributed by atoms with Crippen LogP contribution in [0, 0.1) is 0 Å². The minimum Gasteiger partial charge on any atom is -0.377 e.